The summed E-state index contributed by atoms with van der Waals surface area (Å²) in [6.07, 6.45) is 2.80. The summed E-state index contributed by atoms with van der Waals surface area (Å²) in [5.41, 5.74) is 2.23. The summed E-state index contributed by atoms with van der Waals surface area (Å²) in [5, 5.41) is 4.04. The molecular weight excluding hydrogens is 342 g/mol. The average Bonchev–Trinajstić information content (AvgIpc) is 2.54. The molecule has 0 saturated carbocycles. The molecular formula is C17H12BrN3O. The Morgan fingerprint density at radius 1 is 1.18 bits per heavy atom. The lowest BCUT2D eigenvalue weighted by atomic mass is 10.1. The summed E-state index contributed by atoms with van der Waals surface area (Å²) < 4.78 is 0.971. The van der Waals surface area contributed by atoms with E-state index in [9.17, 15) is 4.79 Å². The zero-order chi connectivity index (χ0) is 15.5. The van der Waals surface area contributed by atoms with E-state index in [0.29, 0.717) is 11.4 Å². The van der Waals surface area contributed by atoms with Crippen molar-refractivity contribution in [3.05, 3.63) is 71.5 Å². The normalized spacial score (nSPS) is 10.4. The van der Waals surface area contributed by atoms with Gasteiger partial charge in [0.15, 0.2) is 5.78 Å². The molecule has 1 heterocycles. The van der Waals surface area contributed by atoms with Crippen molar-refractivity contribution in [1.82, 2.24) is 9.97 Å². The number of rotatable bonds is 4. The molecule has 1 N–H and O–H groups in total. The molecule has 0 saturated heterocycles. The number of benzene rings is 2. The van der Waals surface area contributed by atoms with Crippen molar-refractivity contribution in [2.45, 2.75) is 0 Å². The third kappa shape index (κ3) is 2.89. The molecule has 0 unspecified atom stereocenters. The fraction of sp³-hybridized carbons (Fsp3) is 0. The monoisotopic (exact) mass is 353 g/mol. The van der Waals surface area contributed by atoms with Gasteiger partial charge in [0, 0.05) is 21.1 Å². The number of hydrogen-bond acceptors (Lipinski definition) is 4. The van der Waals surface area contributed by atoms with E-state index >= 15 is 0 Å². The minimum absolute atomic E-state index is 0.126. The lowest BCUT2D eigenvalue weighted by Crippen LogP contribution is -1.98. The number of halogens is 1. The van der Waals surface area contributed by atoms with Crippen molar-refractivity contribution in [3.8, 4) is 0 Å². The van der Waals surface area contributed by atoms with Crippen molar-refractivity contribution in [2.24, 2.45) is 0 Å². The minimum Gasteiger partial charge on any atom is -0.340 e. The smallest absolute Gasteiger partial charge is 0.185 e. The van der Waals surface area contributed by atoms with Gasteiger partial charge in [-0.25, -0.2) is 9.97 Å². The Kier molecular flexibility index (Phi) is 3.98. The number of aromatic nitrogens is 2. The molecule has 2 aromatic carbocycles. The van der Waals surface area contributed by atoms with Crippen LogP contribution in [0.2, 0.25) is 0 Å². The molecule has 4 nitrogen and oxygen atoms in total. The number of fused-ring (bicyclic) bond motifs is 1. The van der Waals surface area contributed by atoms with Gasteiger partial charge in [-0.2, -0.15) is 0 Å². The van der Waals surface area contributed by atoms with Crippen LogP contribution in [0.25, 0.3) is 10.9 Å². The van der Waals surface area contributed by atoms with Gasteiger partial charge in [-0.15, -0.1) is 0 Å². The Bertz CT molecular complexity index is 877. The summed E-state index contributed by atoms with van der Waals surface area (Å²) in [6.45, 7) is 3.52. The van der Waals surface area contributed by atoms with Crippen LogP contribution in [0.3, 0.4) is 0 Å². The van der Waals surface area contributed by atoms with Crippen LogP contribution in [-0.2, 0) is 0 Å². The first-order valence-electron chi connectivity index (χ1n) is 6.61. The maximum atomic E-state index is 11.8. The van der Waals surface area contributed by atoms with Gasteiger partial charge in [0.25, 0.3) is 0 Å². The van der Waals surface area contributed by atoms with Crippen LogP contribution in [0.1, 0.15) is 10.4 Å². The first kappa shape index (κ1) is 14.4. The van der Waals surface area contributed by atoms with Gasteiger partial charge in [-0.05, 0) is 42.5 Å². The number of carbonyl (C=O) groups excluding carboxylic acids is 1. The highest BCUT2D eigenvalue weighted by Crippen LogP contribution is 2.25. The zero-order valence-corrected chi connectivity index (χ0v) is 13.2. The van der Waals surface area contributed by atoms with Gasteiger partial charge in [-0.1, -0.05) is 28.6 Å². The van der Waals surface area contributed by atoms with E-state index in [1.807, 2.05) is 24.3 Å². The first-order valence-corrected chi connectivity index (χ1v) is 7.41. The fourth-order valence-electron chi connectivity index (χ4n) is 2.13. The van der Waals surface area contributed by atoms with E-state index in [2.05, 4.69) is 37.8 Å². The van der Waals surface area contributed by atoms with Crippen LogP contribution in [0.15, 0.2) is 65.9 Å². The summed E-state index contributed by atoms with van der Waals surface area (Å²) in [7, 11) is 0. The summed E-state index contributed by atoms with van der Waals surface area (Å²) in [6, 6.07) is 13.1. The molecule has 0 radical (unpaired) electrons. The van der Waals surface area contributed by atoms with Crippen LogP contribution in [-0.4, -0.2) is 15.8 Å². The standard InChI is InChI=1S/C17H12BrN3O/c1-2-16(22)11-6-7-15-14(8-11)17(20-10-19-15)21-13-5-3-4-12(18)9-13/h2-10H,1H2,(H,19,20,21). The first-order chi connectivity index (χ1) is 10.7. The molecule has 3 aromatic rings. The molecule has 0 bridgehead atoms. The number of carbonyl (C=O) groups is 1. The van der Waals surface area contributed by atoms with E-state index in [4.69, 9.17) is 0 Å². The molecule has 0 aliphatic rings. The highest BCUT2D eigenvalue weighted by Gasteiger charge is 2.08. The quantitative estimate of drug-likeness (QED) is 0.554. The Morgan fingerprint density at radius 3 is 2.82 bits per heavy atom. The molecule has 22 heavy (non-hydrogen) atoms. The molecule has 3 rings (SSSR count). The maximum absolute atomic E-state index is 11.8. The van der Waals surface area contributed by atoms with Gasteiger partial charge in [0.2, 0.25) is 0 Å². The highest BCUT2D eigenvalue weighted by molar-refractivity contribution is 9.10. The van der Waals surface area contributed by atoms with Crippen molar-refractivity contribution >= 4 is 44.1 Å². The summed E-state index contributed by atoms with van der Waals surface area (Å²) in [5.74, 6) is 0.529. The number of allylic oxidation sites excluding steroid dienone is 1. The van der Waals surface area contributed by atoms with Gasteiger partial charge in [0.05, 0.1) is 5.52 Å². The Labute approximate surface area is 136 Å². The second kappa shape index (κ2) is 6.07. The zero-order valence-electron chi connectivity index (χ0n) is 11.6. The predicted molar refractivity (Wildman–Crippen MR) is 91.5 cm³/mol. The molecule has 0 fully saturated rings. The van der Waals surface area contributed by atoms with E-state index in [1.165, 1.54) is 12.4 Å². The summed E-state index contributed by atoms with van der Waals surface area (Å²) >= 11 is 3.44. The van der Waals surface area contributed by atoms with Crippen molar-refractivity contribution in [1.29, 1.82) is 0 Å². The molecule has 0 atom stereocenters. The number of nitrogens with zero attached hydrogens (tertiary/aromatic N) is 2. The molecule has 0 spiro atoms. The third-order valence-corrected chi connectivity index (χ3v) is 3.69. The minimum atomic E-state index is -0.126. The highest BCUT2D eigenvalue weighted by atomic mass is 79.9. The molecule has 5 heteroatoms. The molecule has 0 amide bonds. The van der Waals surface area contributed by atoms with Crippen molar-refractivity contribution in [2.75, 3.05) is 5.32 Å². The SMILES string of the molecule is C=CC(=O)c1ccc2ncnc(Nc3cccc(Br)c3)c2c1. The Balaban J connectivity index is 2.08. The fourth-order valence-corrected chi connectivity index (χ4v) is 2.53. The van der Waals surface area contributed by atoms with Crippen molar-refractivity contribution in [3.63, 3.8) is 0 Å². The number of ketones is 1. The van der Waals surface area contributed by atoms with Crippen LogP contribution in [0.5, 0.6) is 0 Å². The lowest BCUT2D eigenvalue weighted by molar-refractivity contribution is 0.104. The van der Waals surface area contributed by atoms with E-state index in [-0.39, 0.29) is 5.78 Å². The average molecular weight is 354 g/mol. The predicted octanol–water partition coefficient (Wildman–Crippen LogP) is 4.50. The van der Waals surface area contributed by atoms with E-state index in [1.54, 1.807) is 18.2 Å². The van der Waals surface area contributed by atoms with Crippen LogP contribution in [0.4, 0.5) is 11.5 Å². The largest absolute Gasteiger partial charge is 0.340 e. The van der Waals surface area contributed by atoms with E-state index < -0.39 is 0 Å². The molecule has 1 aromatic heterocycles. The van der Waals surface area contributed by atoms with Crippen LogP contribution in [0, 0.1) is 0 Å². The Hall–Kier alpha value is -2.53. The van der Waals surface area contributed by atoms with Gasteiger partial charge < -0.3 is 5.32 Å². The molecule has 0 aliphatic carbocycles. The number of nitrogens with one attached hydrogen (secondary N) is 1. The Morgan fingerprint density at radius 2 is 2.05 bits per heavy atom. The second-order valence-electron chi connectivity index (χ2n) is 4.66. The number of anilines is 2. The summed E-state index contributed by atoms with van der Waals surface area (Å²) in [4.78, 5) is 20.3. The molecule has 108 valence electrons. The molecule has 0 aliphatic heterocycles. The van der Waals surface area contributed by atoms with Crippen LogP contribution < -0.4 is 5.32 Å². The maximum Gasteiger partial charge on any atom is 0.185 e. The van der Waals surface area contributed by atoms with Gasteiger partial charge in [-0.3, -0.25) is 4.79 Å². The number of hydrogen-bond donors (Lipinski definition) is 1. The van der Waals surface area contributed by atoms with Gasteiger partial charge in [0.1, 0.15) is 12.1 Å². The van der Waals surface area contributed by atoms with E-state index in [0.717, 1.165) is 21.1 Å². The van der Waals surface area contributed by atoms with Gasteiger partial charge >= 0.3 is 0 Å². The second-order valence-corrected chi connectivity index (χ2v) is 5.57. The van der Waals surface area contributed by atoms with Crippen LogP contribution >= 0.6 is 15.9 Å². The van der Waals surface area contributed by atoms with Crippen molar-refractivity contribution < 1.29 is 4.79 Å². The third-order valence-electron chi connectivity index (χ3n) is 3.19. The topological polar surface area (TPSA) is 54.9 Å². The lowest BCUT2D eigenvalue weighted by Gasteiger charge is -2.09.